The standard InChI is InChI=1S/C21H26N4O2S/c1-6-25-15-10-8-7-9-14(15)23-16(25)12-22-19(26)18-13(2)11-17(28-18)24-20(27)21(3,4)5/h7-11H,6,12H2,1-5H3,(H,22,26)(H,24,27). The lowest BCUT2D eigenvalue weighted by atomic mass is 9.96. The second-order valence-electron chi connectivity index (χ2n) is 7.77. The van der Waals surface area contributed by atoms with E-state index in [4.69, 9.17) is 0 Å². The molecule has 2 aromatic heterocycles. The Labute approximate surface area is 169 Å². The Hall–Kier alpha value is -2.67. The van der Waals surface area contributed by atoms with E-state index in [0.717, 1.165) is 29.0 Å². The zero-order valence-corrected chi connectivity index (χ0v) is 17.7. The van der Waals surface area contributed by atoms with E-state index in [0.29, 0.717) is 16.4 Å². The Bertz CT molecular complexity index is 1030. The minimum Gasteiger partial charge on any atom is -0.344 e. The van der Waals surface area contributed by atoms with Crippen molar-refractivity contribution in [3.8, 4) is 0 Å². The molecule has 1 aromatic carbocycles. The lowest BCUT2D eigenvalue weighted by molar-refractivity contribution is -0.123. The summed E-state index contributed by atoms with van der Waals surface area (Å²) >= 11 is 1.29. The number of aromatic nitrogens is 2. The van der Waals surface area contributed by atoms with Crippen molar-refractivity contribution in [2.75, 3.05) is 5.32 Å². The first-order valence-electron chi connectivity index (χ1n) is 9.35. The number of amides is 2. The molecule has 0 aliphatic carbocycles. The number of fused-ring (bicyclic) bond motifs is 1. The minimum absolute atomic E-state index is 0.0719. The molecule has 3 rings (SSSR count). The van der Waals surface area contributed by atoms with Crippen molar-refractivity contribution in [3.63, 3.8) is 0 Å². The summed E-state index contributed by atoms with van der Waals surface area (Å²) in [6.45, 7) is 10.6. The van der Waals surface area contributed by atoms with Crippen LogP contribution in [0, 0.1) is 12.3 Å². The third-order valence-corrected chi connectivity index (χ3v) is 5.65. The predicted octanol–water partition coefficient (Wildman–Crippen LogP) is 4.34. The number of carbonyl (C=O) groups is 2. The summed E-state index contributed by atoms with van der Waals surface area (Å²) in [7, 11) is 0. The minimum atomic E-state index is -0.487. The van der Waals surface area contributed by atoms with E-state index in [-0.39, 0.29) is 11.8 Å². The van der Waals surface area contributed by atoms with Gasteiger partial charge in [-0.25, -0.2) is 4.98 Å². The highest BCUT2D eigenvalue weighted by Crippen LogP contribution is 2.28. The van der Waals surface area contributed by atoms with Crippen molar-refractivity contribution in [2.24, 2.45) is 5.41 Å². The van der Waals surface area contributed by atoms with Gasteiger partial charge in [0.1, 0.15) is 5.82 Å². The molecule has 0 aliphatic rings. The van der Waals surface area contributed by atoms with Crippen LogP contribution in [0.4, 0.5) is 5.00 Å². The zero-order chi connectivity index (χ0) is 20.5. The van der Waals surface area contributed by atoms with E-state index >= 15 is 0 Å². The van der Waals surface area contributed by atoms with Gasteiger partial charge in [0.05, 0.1) is 27.5 Å². The molecule has 0 saturated heterocycles. The number of aryl methyl sites for hydroxylation is 2. The van der Waals surface area contributed by atoms with Crippen LogP contribution in [0.3, 0.4) is 0 Å². The highest BCUT2D eigenvalue weighted by molar-refractivity contribution is 7.18. The predicted molar refractivity (Wildman–Crippen MR) is 114 cm³/mol. The van der Waals surface area contributed by atoms with Gasteiger partial charge in [-0.05, 0) is 37.6 Å². The summed E-state index contributed by atoms with van der Waals surface area (Å²) in [4.78, 5) is 30.1. The summed E-state index contributed by atoms with van der Waals surface area (Å²) in [5.41, 5.74) is 2.34. The monoisotopic (exact) mass is 398 g/mol. The van der Waals surface area contributed by atoms with Crippen LogP contribution in [0.5, 0.6) is 0 Å². The number of para-hydroxylation sites is 2. The van der Waals surface area contributed by atoms with E-state index < -0.39 is 5.41 Å². The van der Waals surface area contributed by atoms with Crippen LogP contribution in [0.25, 0.3) is 11.0 Å². The molecule has 6 nitrogen and oxygen atoms in total. The van der Waals surface area contributed by atoms with Crippen molar-refractivity contribution in [3.05, 3.63) is 46.6 Å². The van der Waals surface area contributed by atoms with Crippen molar-refractivity contribution < 1.29 is 9.59 Å². The molecule has 0 atom stereocenters. The van der Waals surface area contributed by atoms with Gasteiger partial charge in [0.2, 0.25) is 5.91 Å². The maximum atomic E-state index is 12.7. The van der Waals surface area contributed by atoms with E-state index in [1.165, 1.54) is 11.3 Å². The summed E-state index contributed by atoms with van der Waals surface area (Å²) in [6.07, 6.45) is 0. The third-order valence-electron chi connectivity index (χ3n) is 4.50. The molecule has 7 heteroatoms. The van der Waals surface area contributed by atoms with Crippen LogP contribution in [0.2, 0.25) is 0 Å². The summed E-state index contributed by atoms with van der Waals surface area (Å²) in [5, 5.41) is 6.54. The molecular formula is C21H26N4O2S. The summed E-state index contributed by atoms with van der Waals surface area (Å²) in [6, 6.07) is 9.79. The average Bonchev–Trinajstić information content (AvgIpc) is 3.18. The number of rotatable bonds is 5. The molecular weight excluding hydrogens is 372 g/mol. The molecule has 2 amide bonds. The summed E-state index contributed by atoms with van der Waals surface area (Å²) in [5.74, 6) is 0.596. The number of nitrogens with zero attached hydrogens (tertiary/aromatic N) is 2. The normalized spacial score (nSPS) is 11.6. The van der Waals surface area contributed by atoms with Crippen molar-refractivity contribution in [2.45, 2.75) is 47.7 Å². The average molecular weight is 399 g/mol. The second-order valence-corrected chi connectivity index (χ2v) is 8.82. The fourth-order valence-corrected chi connectivity index (χ4v) is 3.91. The number of imidazole rings is 1. The number of carbonyl (C=O) groups excluding carboxylic acids is 2. The van der Waals surface area contributed by atoms with Crippen molar-refractivity contribution >= 4 is 39.2 Å². The van der Waals surface area contributed by atoms with Gasteiger partial charge in [0.15, 0.2) is 0 Å². The molecule has 0 aliphatic heterocycles. The molecule has 148 valence electrons. The van der Waals surface area contributed by atoms with Crippen LogP contribution in [-0.2, 0) is 17.9 Å². The lowest BCUT2D eigenvalue weighted by Crippen LogP contribution is -2.27. The van der Waals surface area contributed by atoms with Gasteiger partial charge in [-0.2, -0.15) is 0 Å². The first-order chi connectivity index (χ1) is 13.2. The number of anilines is 1. The van der Waals surface area contributed by atoms with Gasteiger partial charge >= 0.3 is 0 Å². The van der Waals surface area contributed by atoms with Crippen LogP contribution in [0.15, 0.2) is 30.3 Å². The fourth-order valence-electron chi connectivity index (χ4n) is 2.92. The number of hydrogen-bond donors (Lipinski definition) is 2. The van der Waals surface area contributed by atoms with E-state index in [9.17, 15) is 9.59 Å². The van der Waals surface area contributed by atoms with E-state index in [2.05, 4.69) is 27.1 Å². The Morgan fingerprint density at radius 2 is 1.93 bits per heavy atom. The van der Waals surface area contributed by atoms with Crippen molar-refractivity contribution in [1.82, 2.24) is 14.9 Å². The quantitative estimate of drug-likeness (QED) is 0.671. The Kier molecular flexibility index (Phi) is 5.56. The molecule has 3 aromatic rings. The topological polar surface area (TPSA) is 76.0 Å². The maximum absolute atomic E-state index is 12.7. The molecule has 0 fully saturated rings. The number of thiophene rings is 1. The molecule has 2 N–H and O–H groups in total. The van der Waals surface area contributed by atoms with Gasteiger partial charge < -0.3 is 15.2 Å². The highest BCUT2D eigenvalue weighted by atomic mass is 32.1. The van der Waals surface area contributed by atoms with Gasteiger partial charge in [-0.1, -0.05) is 32.9 Å². The Balaban J connectivity index is 1.73. The smallest absolute Gasteiger partial charge is 0.262 e. The maximum Gasteiger partial charge on any atom is 0.262 e. The molecule has 0 spiro atoms. The number of hydrogen-bond acceptors (Lipinski definition) is 4. The van der Waals surface area contributed by atoms with Gasteiger partial charge in [0.25, 0.3) is 5.91 Å². The second kappa shape index (κ2) is 7.75. The van der Waals surface area contributed by atoms with Crippen LogP contribution in [0.1, 0.15) is 48.8 Å². The first-order valence-corrected chi connectivity index (χ1v) is 10.2. The van der Waals surface area contributed by atoms with Gasteiger partial charge in [-0.3, -0.25) is 9.59 Å². The first kappa shape index (κ1) is 20.1. The number of nitrogens with one attached hydrogen (secondary N) is 2. The largest absolute Gasteiger partial charge is 0.344 e. The fraction of sp³-hybridized carbons (Fsp3) is 0.381. The number of benzene rings is 1. The van der Waals surface area contributed by atoms with Gasteiger partial charge in [-0.15, -0.1) is 11.3 Å². The van der Waals surface area contributed by atoms with Gasteiger partial charge in [0, 0.05) is 12.0 Å². The van der Waals surface area contributed by atoms with Crippen LogP contribution < -0.4 is 10.6 Å². The zero-order valence-electron chi connectivity index (χ0n) is 16.9. The third kappa shape index (κ3) is 4.09. The van der Waals surface area contributed by atoms with Crippen LogP contribution in [-0.4, -0.2) is 21.4 Å². The highest BCUT2D eigenvalue weighted by Gasteiger charge is 2.23. The molecule has 0 saturated carbocycles. The molecule has 0 bridgehead atoms. The molecule has 2 heterocycles. The van der Waals surface area contributed by atoms with E-state index in [1.54, 1.807) is 0 Å². The Morgan fingerprint density at radius 1 is 1.21 bits per heavy atom. The SMILES string of the molecule is CCn1c(CNC(=O)c2sc(NC(=O)C(C)(C)C)cc2C)nc2ccccc21. The molecule has 28 heavy (non-hydrogen) atoms. The molecule has 0 radical (unpaired) electrons. The lowest BCUT2D eigenvalue weighted by Gasteiger charge is -2.16. The Morgan fingerprint density at radius 3 is 2.61 bits per heavy atom. The molecule has 0 unspecified atom stereocenters. The van der Waals surface area contributed by atoms with E-state index in [1.807, 2.05) is 58.0 Å². The van der Waals surface area contributed by atoms with Crippen molar-refractivity contribution in [1.29, 1.82) is 0 Å². The summed E-state index contributed by atoms with van der Waals surface area (Å²) < 4.78 is 2.10. The van der Waals surface area contributed by atoms with Crippen LogP contribution >= 0.6 is 11.3 Å².